The van der Waals surface area contributed by atoms with Crippen LogP contribution in [0.5, 0.6) is 0 Å². The number of benzene rings is 1. The highest BCUT2D eigenvalue weighted by molar-refractivity contribution is 8.14. The number of fused-ring (bicyclic) bond motifs is 1. The van der Waals surface area contributed by atoms with Crippen molar-refractivity contribution in [2.24, 2.45) is 0 Å². The van der Waals surface area contributed by atoms with Crippen LogP contribution < -0.4 is 0 Å². The summed E-state index contributed by atoms with van der Waals surface area (Å²) in [6.07, 6.45) is 0. The zero-order valence-corrected chi connectivity index (χ0v) is 9.65. The van der Waals surface area contributed by atoms with Crippen LogP contribution in [0.2, 0.25) is 0 Å². The highest BCUT2D eigenvalue weighted by Gasteiger charge is 2.53. The van der Waals surface area contributed by atoms with Gasteiger partial charge in [0.05, 0.1) is 4.90 Å². The Hall–Kier alpha value is -1.24. The summed E-state index contributed by atoms with van der Waals surface area (Å²) >= 11 is 1.13. The van der Waals surface area contributed by atoms with E-state index in [1.165, 1.54) is 14.2 Å². The Labute approximate surface area is 96.8 Å². The second kappa shape index (κ2) is 3.97. The zero-order valence-electron chi connectivity index (χ0n) is 8.84. The van der Waals surface area contributed by atoms with Crippen molar-refractivity contribution in [2.45, 2.75) is 10.7 Å². The van der Waals surface area contributed by atoms with Gasteiger partial charge in [0.2, 0.25) is 0 Å². The third kappa shape index (κ3) is 1.38. The van der Waals surface area contributed by atoms with Gasteiger partial charge in [-0.2, -0.15) is 0 Å². The van der Waals surface area contributed by atoms with Crippen LogP contribution in [0.3, 0.4) is 0 Å². The summed E-state index contributed by atoms with van der Waals surface area (Å²) < 4.78 is 10.5. The van der Waals surface area contributed by atoms with Crippen LogP contribution in [-0.4, -0.2) is 29.4 Å². The molecule has 1 aliphatic rings. The first kappa shape index (κ1) is 11.3. The van der Waals surface area contributed by atoms with Gasteiger partial charge in [0.1, 0.15) is 0 Å². The number of hydrogen-bond donors (Lipinski definition) is 1. The van der Waals surface area contributed by atoms with E-state index < -0.39 is 5.79 Å². The van der Waals surface area contributed by atoms with Crippen molar-refractivity contribution in [3.05, 3.63) is 35.0 Å². The van der Waals surface area contributed by atoms with Gasteiger partial charge in [-0.25, -0.2) is 0 Å². The molecule has 0 saturated heterocycles. The second-order valence-corrected chi connectivity index (χ2v) is 4.23. The van der Waals surface area contributed by atoms with Crippen molar-refractivity contribution >= 4 is 16.8 Å². The second-order valence-electron chi connectivity index (χ2n) is 3.20. The van der Waals surface area contributed by atoms with Crippen LogP contribution in [0.15, 0.2) is 29.2 Å². The first-order valence-corrected chi connectivity index (χ1v) is 5.38. The smallest absolute Gasteiger partial charge is 0.347 e. The van der Waals surface area contributed by atoms with Crippen molar-refractivity contribution in [3.63, 3.8) is 0 Å². The molecule has 1 heterocycles. The van der Waals surface area contributed by atoms with Crippen LogP contribution in [0.1, 0.15) is 5.56 Å². The molecule has 0 atom stereocenters. The van der Waals surface area contributed by atoms with Crippen LogP contribution in [0, 0.1) is 5.21 Å². The molecule has 0 amide bonds. The molecule has 0 aliphatic carbocycles. The summed E-state index contributed by atoms with van der Waals surface area (Å²) in [5.41, 5.74) is 0.718. The maximum absolute atomic E-state index is 11.1. The van der Waals surface area contributed by atoms with E-state index in [0.29, 0.717) is 0 Å². The molecule has 0 bridgehead atoms. The normalized spacial score (nSPS) is 20.6. The van der Waals surface area contributed by atoms with Gasteiger partial charge in [0.15, 0.2) is 0 Å². The first-order valence-electron chi connectivity index (χ1n) is 4.57. The van der Waals surface area contributed by atoms with Crippen LogP contribution in [0.25, 0.3) is 0 Å². The van der Waals surface area contributed by atoms with Crippen molar-refractivity contribution in [1.29, 1.82) is 0 Å². The molecule has 2 rings (SSSR count). The highest BCUT2D eigenvalue weighted by atomic mass is 32.2. The quantitative estimate of drug-likeness (QED) is 0.368. The minimum absolute atomic E-state index is 0.0544. The van der Waals surface area contributed by atoms with E-state index in [2.05, 4.69) is 0 Å². The summed E-state index contributed by atoms with van der Waals surface area (Å²) in [4.78, 5) is 0.619. The largest absolute Gasteiger partial charge is 0.417 e. The molecule has 0 radical (unpaired) electrons. The van der Waals surface area contributed by atoms with E-state index in [4.69, 9.17) is 14.7 Å². The fourth-order valence-corrected chi connectivity index (χ4v) is 2.91. The van der Waals surface area contributed by atoms with Crippen LogP contribution in [-0.2, 0) is 15.3 Å². The number of ether oxygens (including phenoxy) is 2. The Morgan fingerprint density at radius 3 is 2.50 bits per heavy atom. The van der Waals surface area contributed by atoms with E-state index in [0.717, 1.165) is 22.2 Å². The van der Waals surface area contributed by atoms with Crippen molar-refractivity contribution < 1.29 is 19.6 Å². The third-order valence-corrected chi connectivity index (χ3v) is 3.67. The molecule has 1 N–H and O–H groups in total. The lowest BCUT2D eigenvalue weighted by Gasteiger charge is -2.23. The molecule has 86 valence electrons. The number of rotatable bonds is 2. The molecule has 5 nitrogen and oxygen atoms in total. The van der Waals surface area contributed by atoms with Gasteiger partial charge in [-0.3, -0.25) is 5.21 Å². The van der Waals surface area contributed by atoms with E-state index in [1.54, 1.807) is 6.07 Å². The SMILES string of the molecule is COC1(OC)/C(=[N+](\[O-])O)Sc2ccccc21. The Balaban J connectivity index is 2.65. The molecule has 0 aromatic heterocycles. The average Bonchev–Trinajstić information content (AvgIpc) is 2.64. The molecule has 0 fully saturated rings. The number of hydrogen-bond acceptors (Lipinski definition) is 5. The highest BCUT2D eigenvalue weighted by Crippen LogP contribution is 2.46. The Morgan fingerprint density at radius 1 is 1.31 bits per heavy atom. The predicted octanol–water partition coefficient (Wildman–Crippen LogP) is 1.54. The lowest BCUT2D eigenvalue weighted by atomic mass is 10.1. The lowest BCUT2D eigenvalue weighted by Crippen LogP contribution is -2.38. The monoisotopic (exact) mass is 241 g/mol. The van der Waals surface area contributed by atoms with Gasteiger partial charge in [0, 0.05) is 24.7 Å². The fourth-order valence-electron chi connectivity index (χ4n) is 1.76. The van der Waals surface area contributed by atoms with Crippen molar-refractivity contribution in [2.75, 3.05) is 14.2 Å². The maximum atomic E-state index is 11.1. The Morgan fingerprint density at radius 2 is 1.94 bits per heavy atom. The standard InChI is InChI=1S/C10H11NO4S/c1-14-10(15-2)7-5-3-4-6-8(7)16-9(10)11(12)13/h3-6H,1-2H3,(H,12,13). The van der Waals surface area contributed by atoms with Crippen molar-refractivity contribution in [1.82, 2.24) is 0 Å². The van der Waals surface area contributed by atoms with Gasteiger partial charge in [-0.05, 0) is 17.8 Å². The first-order chi connectivity index (χ1) is 7.65. The van der Waals surface area contributed by atoms with E-state index in [-0.39, 0.29) is 9.95 Å². The summed E-state index contributed by atoms with van der Waals surface area (Å²) in [5.74, 6) is -1.31. The molecule has 1 aliphatic heterocycles. The van der Waals surface area contributed by atoms with Gasteiger partial charge in [0.25, 0.3) is 5.79 Å². The molecule has 0 unspecified atom stereocenters. The maximum Gasteiger partial charge on any atom is 0.347 e. The van der Waals surface area contributed by atoms with Crippen LogP contribution in [0.4, 0.5) is 0 Å². The third-order valence-electron chi connectivity index (χ3n) is 2.48. The van der Waals surface area contributed by atoms with Crippen LogP contribution >= 0.6 is 11.8 Å². The molecular weight excluding hydrogens is 230 g/mol. The zero-order chi connectivity index (χ0) is 11.8. The summed E-state index contributed by atoms with van der Waals surface area (Å²) in [6, 6.07) is 7.30. The molecule has 1 aromatic rings. The minimum atomic E-state index is -1.31. The lowest BCUT2D eigenvalue weighted by molar-refractivity contribution is -0.727. The summed E-state index contributed by atoms with van der Waals surface area (Å²) in [6.45, 7) is 0. The molecular formula is C10H11NO4S. The topological polar surface area (TPSA) is 64.8 Å². The Kier molecular flexibility index (Phi) is 2.79. The number of thioether (sulfide) groups is 1. The minimum Gasteiger partial charge on any atom is -0.417 e. The van der Waals surface area contributed by atoms with Gasteiger partial charge < -0.3 is 14.7 Å². The summed E-state index contributed by atoms with van der Waals surface area (Å²) in [5, 5.41) is 20.2. The van der Waals surface area contributed by atoms with E-state index in [1.807, 2.05) is 18.2 Å². The molecule has 6 heteroatoms. The van der Waals surface area contributed by atoms with E-state index >= 15 is 0 Å². The van der Waals surface area contributed by atoms with Crippen molar-refractivity contribution in [3.8, 4) is 0 Å². The van der Waals surface area contributed by atoms with Gasteiger partial charge in [-0.15, -0.1) is 0 Å². The molecule has 1 aromatic carbocycles. The summed E-state index contributed by atoms with van der Waals surface area (Å²) in [7, 11) is 2.85. The fraction of sp³-hybridized carbons (Fsp3) is 0.300. The van der Waals surface area contributed by atoms with E-state index in [9.17, 15) is 5.21 Å². The molecule has 0 spiro atoms. The van der Waals surface area contributed by atoms with Gasteiger partial charge in [-0.1, -0.05) is 18.2 Å². The molecule has 16 heavy (non-hydrogen) atoms. The average molecular weight is 241 g/mol. The number of methoxy groups -OCH3 is 2. The number of nitrogens with zero attached hydrogens (tertiary/aromatic N) is 1. The van der Waals surface area contributed by atoms with Gasteiger partial charge >= 0.3 is 5.04 Å². The predicted molar refractivity (Wildman–Crippen MR) is 58.4 cm³/mol. The molecule has 0 saturated carbocycles. The Bertz CT molecular complexity index is 438.